The van der Waals surface area contributed by atoms with Gasteiger partial charge in [-0.05, 0) is 111 Å². The number of hydrogen-bond donors (Lipinski definition) is 5. The molecule has 3 aliphatic heterocycles. The fourth-order valence-corrected chi connectivity index (χ4v) is 10.1. The van der Waals surface area contributed by atoms with E-state index in [-0.39, 0.29) is 41.4 Å². The van der Waals surface area contributed by atoms with Crippen LogP contribution in [0.3, 0.4) is 0 Å². The van der Waals surface area contributed by atoms with Crippen LogP contribution in [0.4, 0.5) is 15.3 Å². The molecular formula is C49H63N9O8. The van der Waals surface area contributed by atoms with Crippen molar-refractivity contribution in [1.29, 1.82) is 0 Å². The lowest BCUT2D eigenvalue weighted by Gasteiger charge is -2.34. The van der Waals surface area contributed by atoms with Crippen LogP contribution in [0.2, 0.25) is 0 Å². The van der Waals surface area contributed by atoms with Gasteiger partial charge in [0.05, 0.1) is 65.6 Å². The molecule has 2 aromatic heterocycles. The van der Waals surface area contributed by atoms with E-state index in [1.165, 1.54) is 26.9 Å². The van der Waals surface area contributed by atoms with Gasteiger partial charge >= 0.3 is 12.2 Å². The first-order chi connectivity index (χ1) is 31.6. The molecule has 0 bridgehead atoms. The number of anilines is 1. The van der Waals surface area contributed by atoms with Crippen molar-refractivity contribution in [1.82, 2.24) is 40.4 Å². The number of likely N-dealkylation sites (tertiary alicyclic amines) is 2. The minimum atomic E-state index is -1.28. The van der Waals surface area contributed by atoms with E-state index in [1.54, 1.807) is 23.6 Å². The van der Waals surface area contributed by atoms with Gasteiger partial charge in [0, 0.05) is 33.0 Å². The van der Waals surface area contributed by atoms with Crippen molar-refractivity contribution in [2.75, 3.05) is 39.3 Å². The number of aromatic nitrogens is 4. The highest BCUT2D eigenvalue weighted by Crippen LogP contribution is 2.48. The van der Waals surface area contributed by atoms with Crippen LogP contribution in [-0.4, -0.2) is 118 Å². The molecule has 17 heteroatoms. The monoisotopic (exact) mass is 905 g/mol. The van der Waals surface area contributed by atoms with Crippen LogP contribution in [0.5, 0.6) is 0 Å². The third-order valence-corrected chi connectivity index (χ3v) is 13.9. The predicted octanol–water partition coefficient (Wildman–Crippen LogP) is 7.58. The van der Waals surface area contributed by atoms with Gasteiger partial charge in [-0.3, -0.25) is 9.59 Å². The Morgan fingerprint density at radius 3 is 1.58 bits per heavy atom. The van der Waals surface area contributed by atoms with Gasteiger partial charge in [0.15, 0.2) is 0 Å². The molecule has 3 saturated heterocycles. The molecule has 66 heavy (non-hydrogen) atoms. The lowest BCUT2D eigenvalue weighted by atomic mass is 9.87. The average molecular weight is 906 g/mol. The quantitative estimate of drug-likeness (QED) is 0.0779. The minimum absolute atomic E-state index is 0.00933. The van der Waals surface area contributed by atoms with Gasteiger partial charge in [0.25, 0.3) is 0 Å². The summed E-state index contributed by atoms with van der Waals surface area (Å²) in [6.45, 7) is 11.1. The molecule has 0 saturated carbocycles. The Labute approximate surface area is 384 Å². The van der Waals surface area contributed by atoms with Crippen molar-refractivity contribution in [3.8, 4) is 0 Å². The first-order valence-corrected chi connectivity index (χ1v) is 23.0. The van der Waals surface area contributed by atoms with Crippen LogP contribution in [0.1, 0.15) is 126 Å². The standard InChI is InChI=1S/C49H63N9O8/c1-27(64-6)41(54-47(61)62)45(59)56-23-9-11-39(56)43-50-33-19-13-29(25-35(33)52-43)37-21-22-38(58(37)32-17-15-31(16-18-32)49(3,4)5)30-14-20-34-36(26-30)53-44(51-34)40-12-10-24-57(40)46(60)42(28(2)65-7)55-48(63)66-8/h13-20,25-28,37-42,54H,9-12,21-24H2,1-8H3,(H,50,52)(H,51,53)(H,55,63)(H,61,62)/t27-,28?,37+,38+,39+,40+,41+,42+/m1/s1. The first kappa shape index (κ1) is 46.3. The second-order valence-corrected chi connectivity index (χ2v) is 18.9. The smallest absolute Gasteiger partial charge is 0.407 e. The Bertz CT molecular complexity index is 2570. The van der Waals surface area contributed by atoms with Gasteiger partial charge in [-0.15, -0.1) is 0 Å². The molecule has 5 aromatic rings. The number of benzene rings is 3. The number of aromatic amines is 2. The Balaban J connectivity index is 1.09. The zero-order valence-electron chi connectivity index (χ0n) is 39.1. The van der Waals surface area contributed by atoms with Gasteiger partial charge in [-0.1, -0.05) is 45.0 Å². The van der Waals surface area contributed by atoms with Crippen molar-refractivity contribution in [3.63, 3.8) is 0 Å². The molecule has 0 radical (unpaired) electrons. The summed E-state index contributed by atoms with van der Waals surface area (Å²) in [4.78, 5) is 74.7. The van der Waals surface area contributed by atoms with E-state index < -0.39 is 36.5 Å². The summed E-state index contributed by atoms with van der Waals surface area (Å²) >= 11 is 0. The molecule has 0 aliphatic carbocycles. The number of rotatable bonds is 13. The molecule has 0 spiro atoms. The van der Waals surface area contributed by atoms with Crippen molar-refractivity contribution in [2.45, 2.75) is 127 Å². The number of carbonyl (C=O) groups excluding carboxylic acids is 3. The van der Waals surface area contributed by atoms with Crippen molar-refractivity contribution in [3.05, 3.63) is 89.0 Å². The summed E-state index contributed by atoms with van der Waals surface area (Å²) in [6.07, 6.45) is 1.56. The van der Waals surface area contributed by atoms with Crippen LogP contribution in [0.15, 0.2) is 60.7 Å². The zero-order valence-corrected chi connectivity index (χ0v) is 39.1. The van der Waals surface area contributed by atoms with Crippen molar-refractivity contribution >= 4 is 51.8 Å². The minimum Gasteiger partial charge on any atom is -0.465 e. The van der Waals surface area contributed by atoms with E-state index in [0.29, 0.717) is 31.2 Å². The Morgan fingerprint density at radius 2 is 1.15 bits per heavy atom. The fourth-order valence-electron chi connectivity index (χ4n) is 10.1. The molecule has 17 nitrogen and oxygen atoms in total. The summed E-state index contributed by atoms with van der Waals surface area (Å²) in [7, 11) is 4.23. The molecule has 8 rings (SSSR count). The topological polar surface area (TPSA) is 207 Å². The average Bonchev–Trinajstić information content (AvgIpc) is 4.16. The van der Waals surface area contributed by atoms with Gasteiger partial charge in [0.1, 0.15) is 23.7 Å². The maximum Gasteiger partial charge on any atom is 0.407 e. The van der Waals surface area contributed by atoms with Gasteiger partial charge in [-0.25, -0.2) is 19.6 Å². The first-order valence-electron chi connectivity index (χ1n) is 23.0. The summed E-state index contributed by atoms with van der Waals surface area (Å²) in [6, 6.07) is 19.1. The third-order valence-electron chi connectivity index (χ3n) is 13.9. The second kappa shape index (κ2) is 19.0. The number of nitrogens with zero attached hydrogens (tertiary/aromatic N) is 5. The summed E-state index contributed by atoms with van der Waals surface area (Å²) in [5.74, 6) is 0.786. The van der Waals surface area contributed by atoms with Gasteiger partial charge in [0.2, 0.25) is 11.8 Å². The molecule has 4 amide bonds. The van der Waals surface area contributed by atoms with E-state index >= 15 is 0 Å². The van der Waals surface area contributed by atoms with Crippen LogP contribution in [0, 0.1) is 0 Å². The largest absolute Gasteiger partial charge is 0.465 e. The zero-order chi connectivity index (χ0) is 47.0. The number of methoxy groups -OCH3 is 3. The number of ether oxygens (including phenoxy) is 3. The molecule has 5 N–H and O–H groups in total. The van der Waals surface area contributed by atoms with Crippen LogP contribution in [0.25, 0.3) is 22.1 Å². The summed E-state index contributed by atoms with van der Waals surface area (Å²) < 4.78 is 15.7. The second-order valence-electron chi connectivity index (χ2n) is 18.9. The molecule has 5 heterocycles. The van der Waals surface area contributed by atoms with E-state index in [9.17, 15) is 24.3 Å². The highest BCUT2D eigenvalue weighted by atomic mass is 16.5. The van der Waals surface area contributed by atoms with Crippen LogP contribution in [-0.2, 0) is 29.2 Å². The maximum absolute atomic E-state index is 14.0. The maximum atomic E-state index is 14.0. The molecule has 3 aromatic carbocycles. The number of imidazole rings is 2. The van der Waals surface area contributed by atoms with E-state index in [2.05, 4.69) is 101 Å². The molecule has 8 atom stereocenters. The van der Waals surface area contributed by atoms with Crippen LogP contribution >= 0.6 is 0 Å². The number of carboxylic acid groups (broad SMARTS) is 1. The summed E-state index contributed by atoms with van der Waals surface area (Å²) in [5, 5.41) is 14.5. The number of carbonyl (C=O) groups is 4. The fraction of sp³-hybridized carbons (Fsp3) is 0.510. The van der Waals surface area contributed by atoms with E-state index in [1.807, 2.05) is 6.07 Å². The lowest BCUT2D eigenvalue weighted by Crippen LogP contribution is -2.54. The van der Waals surface area contributed by atoms with E-state index in [4.69, 9.17) is 24.2 Å². The lowest BCUT2D eigenvalue weighted by molar-refractivity contribution is -0.138. The molecule has 3 aliphatic rings. The SMILES string of the molecule is COC(=O)N[C@H](C(=O)N1CCC[C@H]1c1nc2ccc([C@@H]3CC[C@@H](c4ccc5nc([C@@H]6CCCN6C(=O)[C@@H](NC(=O)O)[C@@H](C)OC)[nH]c5c4)N3c3ccc(C(C)(C)C)cc3)cc2[nH]1)C(C)OC. The van der Waals surface area contributed by atoms with Crippen molar-refractivity contribution in [2.24, 2.45) is 0 Å². The van der Waals surface area contributed by atoms with Gasteiger partial charge < -0.3 is 54.6 Å². The third kappa shape index (κ3) is 9.14. The number of H-pyrrole nitrogens is 2. The number of nitrogens with one attached hydrogen (secondary N) is 4. The number of alkyl carbamates (subject to hydrolysis) is 1. The summed E-state index contributed by atoms with van der Waals surface area (Å²) in [5.41, 5.74) is 7.99. The number of fused-ring (bicyclic) bond motifs is 2. The molecule has 352 valence electrons. The highest BCUT2D eigenvalue weighted by Gasteiger charge is 2.41. The normalized spacial score (nSPS) is 21.8. The Morgan fingerprint density at radius 1 is 0.682 bits per heavy atom. The Hall–Kier alpha value is -6.20. The molecule has 3 fully saturated rings. The molecular weight excluding hydrogens is 843 g/mol. The van der Waals surface area contributed by atoms with Crippen molar-refractivity contribution < 1.29 is 38.5 Å². The van der Waals surface area contributed by atoms with E-state index in [0.717, 1.165) is 71.0 Å². The highest BCUT2D eigenvalue weighted by molar-refractivity contribution is 5.88. The molecule has 1 unspecified atom stereocenters. The van der Waals surface area contributed by atoms with Gasteiger partial charge in [-0.2, -0.15) is 0 Å². The Kier molecular flexibility index (Phi) is 13.3. The predicted molar refractivity (Wildman–Crippen MR) is 249 cm³/mol. The van der Waals surface area contributed by atoms with Crippen LogP contribution < -0.4 is 15.5 Å². The number of amides is 4. The number of hydrogen-bond acceptors (Lipinski definition) is 10.